The minimum Gasteiger partial charge on any atom is -0.347 e. The van der Waals surface area contributed by atoms with Gasteiger partial charge in [0.05, 0.1) is 0 Å². The van der Waals surface area contributed by atoms with Gasteiger partial charge < -0.3 is 10.6 Å². The van der Waals surface area contributed by atoms with Crippen LogP contribution in [0.3, 0.4) is 0 Å². The van der Waals surface area contributed by atoms with Gasteiger partial charge in [-0.15, -0.1) is 0 Å². The molecule has 4 heteroatoms. The zero-order chi connectivity index (χ0) is 10.0. The van der Waals surface area contributed by atoms with Crippen molar-refractivity contribution in [1.82, 2.24) is 9.97 Å². The van der Waals surface area contributed by atoms with E-state index in [2.05, 4.69) is 9.97 Å². The molecule has 4 nitrogen and oxygen atoms in total. The summed E-state index contributed by atoms with van der Waals surface area (Å²) in [5.74, 6) is 0.724. The Labute approximate surface area is 78.8 Å². The second kappa shape index (κ2) is 3.70. The Kier molecular flexibility index (Phi) is 2.83. The standard InChI is InChI=1S/C9H16N4/c1-6(10)8-5-11-9(13(3)4)12-7(8)2/h5-6H,10H2,1-4H3/t6-/m1/s1. The molecule has 0 unspecified atom stereocenters. The van der Waals surface area contributed by atoms with Gasteiger partial charge in [0.2, 0.25) is 5.95 Å². The summed E-state index contributed by atoms with van der Waals surface area (Å²) in [7, 11) is 3.83. The first-order valence-electron chi connectivity index (χ1n) is 4.29. The van der Waals surface area contributed by atoms with E-state index in [1.807, 2.05) is 32.8 Å². The van der Waals surface area contributed by atoms with E-state index < -0.39 is 0 Å². The first-order chi connectivity index (χ1) is 6.02. The molecule has 0 aliphatic heterocycles. The van der Waals surface area contributed by atoms with Crippen molar-refractivity contribution in [3.05, 3.63) is 17.5 Å². The predicted molar refractivity (Wildman–Crippen MR) is 53.7 cm³/mol. The van der Waals surface area contributed by atoms with Crippen LogP contribution in [0.5, 0.6) is 0 Å². The molecule has 2 N–H and O–H groups in total. The van der Waals surface area contributed by atoms with E-state index in [0.29, 0.717) is 0 Å². The van der Waals surface area contributed by atoms with E-state index in [0.717, 1.165) is 17.2 Å². The molecule has 0 fully saturated rings. The molecule has 0 radical (unpaired) electrons. The molecule has 0 saturated heterocycles. The average molecular weight is 180 g/mol. The number of anilines is 1. The van der Waals surface area contributed by atoms with Gasteiger partial charge >= 0.3 is 0 Å². The van der Waals surface area contributed by atoms with Crippen molar-refractivity contribution in [1.29, 1.82) is 0 Å². The summed E-state index contributed by atoms with van der Waals surface area (Å²) in [4.78, 5) is 10.4. The summed E-state index contributed by atoms with van der Waals surface area (Å²) in [6.07, 6.45) is 1.79. The Morgan fingerprint density at radius 1 is 1.46 bits per heavy atom. The number of aromatic nitrogens is 2. The van der Waals surface area contributed by atoms with E-state index in [4.69, 9.17) is 5.73 Å². The number of nitrogens with zero attached hydrogens (tertiary/aromatic N) is 3. The van der Waals surface area contributed by atoms with Gasteiger partial charge in [0, 0.05) is 37.6 Å². The third-order valence-electron chi connectivity index (χ3n) is 1.90. The third kappa shape index (κ3) is 2.15. The molecule has 0 aliphatic carbocycles. The molecule has 1 aromatic heterocycles. The Morgan fingerprint density at radius 2 is 2.08 bits per heavy atom. The number of aryl methyl sites for hydroxylation is 1. The molecule has 0 saturated carbocycles. The lowest BCUT2D eigenvalue weighted by Gasteiger charge is -2.13. The van der Waals surface area contributed by atoms with Gasteiger partial charge in [0.15, 0.2) is 0 Å². The highest BCUT2D eigenvalue weighted by Crippen LogP contribution is 2.14. The largest absolute Gasteiger partial charge is 0.347 e. The summed E-state index contributed by atoms with van der Waals surface area (Å²) in [6.45, 7) is 3.88. The Bertz CT molecular complexity index is 294. The van der Waals surface area contributed by atoms with Gasteiger partial charge in [-0.2, -0.15) is 0 Å². The van der Waals surface area contributed by atoms with Crippen molar-refractivity contribution in [2.24, 2.45) is 5.73 Å². The number of hydrogen-bond donors (Lipinski definition) is 1. The van der Waals surface area contributed by atoms with Crippen LogP contribution in [0.4, 0.5) is 5.95 Å². The van der Waals surface area contributed by atoms with Gasteiger partial charge in [-0.25, -0.2) is 9.97 Å². The molecule has 1 heterocycles. The lowest BCUT2D eigenvalue weighted by Crippen LogP contribution is -2.15. The molecule has 13 heavy (non-hydrogen) atoms. The summed E-state index contributed by atoms with van der Waals surface area (Å²) >= 11 is 0. The smallest absolute Gasteiger partial charge is 0.224 e. The van der Waals surface area contributed by atoms with Crippen LogP contribution in [0.25, 0.3) is 0 Å². The summed E-state index contributed by atoms with van der Waals surface area (Å²) < 4.78 is 0. The highest BCUT2D eigenvalue weighted by molar-refractivity contribution is 5.31. The quantitative estimate of drug-likeness (QED) is 0.733. The maximum Gasteiger partial charge on any atom is 0.224 e. The minimum atomic E-state index is -0.00351. The van der Waals surface area contributed by atoms with Crippen molar-refractivity contribution in [3.8, 4) is 0 Å². The predicted octanol–water partition coefficient (Wildman–Crippen LogP) is 0.871. The van der Waals surface area contributed by atoms with Crippen LogP contribution in [0.1, 0.15) is 24.2 Å². The second-order valence-electron chi connectivity index (χ2n) is 3.39. The third-order valence-corrected chi connectivity index (χ3v) is 1.90. The van der Waals surface area contributed by atoms with Crippen LogP contribution < -0.4 is 10.6 Å². The van der Waals surface area contributed by atoms with Crippen LogP contribution in [-0.4, -0.2) is 24.1 Å². The van der Waals surface area contributed by atoms with Crippen LogP contribution in [-0.2, 0) is 0 Å². The fraction of sp³-hybridized carbons (Fsp3) is 0.556. The summed E-state index contributed by atoms with van der Waals surface area (Å²) in [5, 5.41) is 0. The van der Waals surface area contributed by atoms with Crippen molar-refractivity contribution in [2.75, 3.05) is 19.0 Å². The monoisotopic (exact) mass is 180 g/mol. The maximum absolute atomic E-state index is 5.75. The van der Waals surface area contributed by atoms with Gasteiger partial charge in [0.25, 0.3) is 0 Å². The lowest BCUT2D eigenvalue weighted by molar-refractivity contribution is 0.785. The van der Waals surface area contributed by atoms with E-state index in [-0.39, 0.29) is 6.04 Å². The number of hydrogen-bond acceptors (Lipinski definition) is 4. The van der Waals surface area contributed by atoms with Crippen LogP contribution in [0.15, 0.2) is 6.20 Å². The zero-order valence-corrected chi connectivity index (χ0v) is 8.57. The highest BCUT2D eigenvalue weighted by Gasteiger charge is 2.07. The molecule has 1 aromatic rings. The Morgan fingerprint density at radius 3 is 2.46 bits per heavy atom. The molecule has 0 aromatic carbocycles. The summed E-state index contributed by atoms with van der Waals surface area (Å²) in [5.41, 5.74) is 7.70. The molecule has 0 amide bonds. The first-order valence-corrected chi connectivity index (χ1v) is 4.29. The molecular weight excluding hydrogens is 164 g/mol. The van der Waals surface area contributed by atoms with E-state index in [1.165, 1.54) is 0 Å². The number of nitrogens with two attached hydrogens (primary N) is 1. The second-order valence-corrected chi connectivity index (χ2v) is 3.39. The summed E-state index contributed by atoms with van der Waals surface area (Å²) in [6, 6.07) is -0.00351. The van der Waals surface area contributed by atoms with Crippen LogP contribution >= 0.6 is 0 Å². The van der Waals surface area contributed by atoms with Crippen LogP contribution in [0.2, 0.25) is 0 Å². The average Bonchev–Trinajstić information content (AvgIpc) is 2.03. The van der Waals surface area contributed by atoms with E-state index in [9.17, 15) is 0 Å². The zero-order valence-electron chi connectivity index (χ0n) is 8.57. The molecular formula is C9H16N4. The highest BCUT2D eigenvalue weighted by atomic mass is 15.2. The SMILES string of the molecule is Cc1nc(N(C)C)ncc1[C@@H](C)N. The topological polar surface area (TPSA) is 55.0 Å². The van der Waals surface area contributed by atoms with Gasteiger partial charge in [-0.3, -0.25) is 0 Å². The normalized spacial score (nSPS) is 12.7. The van der Waals surface area contributed by atoms with Crippen molar-refractivity contribution in [2.45, 2.75) is 19.9 Å². The van der Waals surface area contributed by atoms with Gasteiger partial charge in [0.1, 0.15) is 0 Å². The lowest BCUT2D eigenvalue weighted by atomic mass is 10.1. The molecule has 72 valence electrons. The van der Waals surface area contributed by atoms with Crippen LogP contribution in [0, 0.1) is 6.92 Å². The Hall–Kier alpha value is -1.16. The molecule has 1 rings (SSSR count). The maximum atomic E-state index is 5.75. The fourth-order valence-corrected chi connectivity index (χ4v) is 1.13. The number of rotatable bonds is 2. The first kappa shape index (κ1) is 9.92. The van der Waals surface area contributed by atoms with Crippen molar-refractivity contribution in [3.63, 3.8) is 0 Å². The Balaban J connectivity index is 3.06. The van der Waals surface area contributed by atoms with Gasteiger partial charge in [-0.1, -0.05) is 0 Å². The molecule has 1 atom stereocenters. The van der Waals surface area contributed by atoms with E-state index >= 15 is 0 Å². The fourth-order valence-electron chi connectivity index (χ4n) is 1.13. The van der Waals surface area contributed by atoms with Crippen molar-refractivity contribution < 1.29 is 0 Å². The van der Waals surface area contributed by atoms with E-state index in [1.54, 1.807) is 6.20 Å². The van der Waals surface area contributed by atoms with Gasteiger partial charge in [-0.05, 0) is 13.8 Å². The van der Waals surface area contributed by atoms with Crippen molar-refractivity contribution >= 4 is 5.95 Å². The molecule has 0 bridgehead atoms. The minimum absolute atomic E-state index is 0.00351. The molecule has 0 aliphatic rings. The molecule has 0 spiro atoms.